The first-order chi connectivity index (χ1) is 9.07. The van der Waals surface area contributed by atoms with Gasteiger partial charge in [-0.2, -0.15) is 0 Å². The van der Waals surface area contributed by atoms with Gasteiger partial charge in [-0.05, 0) is 33.1 Å². The van der Waals surface area contributed by atoms with Crippen LogP contribution in [0.2, 0.25) is 0 Å². The van der Waals surface area contributed by atoms with Gasteiger partial charge < -0.3 is 14.9 Å². The zero-order valence-electron chi connectivity index (χ0n) is 12.1. The van der Waals surface area contributed by atoms with Crippen LogP contribution in [-0.4, -0.2) is 33.7 Å². The predicted molar refractivity (Wildman–Crippen MR) is 70.1 cm³/mol. The van der Waals surface area contributed by atoms with Crippen LogP contribution in [0, 0.1) is 11.3 Å². The number of rotatable bonds is 6. The van der Waals surface area contributed by atoms with E-state index in [9.17, 15) is 19.5 Å². The van der Waals surface area contributed by atoms with Crippen molar-refractivity contribution in [3.63, 3.8) is 0 Å². The van der Waals surface area contributed by atoms with Crippen molar-refractivity contribution in [3.8, 4) is 0 Å². The molecule has 1 saturated carbocycles. The number of carboxylic acid groups (broad SMARTS) is 2. The average Bonchev–Trinajstić information content (AvgIpc) is 2.17. The van der Waals surface area contributed by atoms with E-state index in [4.69, 9.17) is 9.84 Å². The molecule has 0 heterocycles. The van der Waals surface area contributed by atoms with E-state index in [0.717, 1.165) is 19.3 Å². The summed E-state index contributed by atoms with van der Waals surface area (Å²) >= 11 is 0. The lowest BCUT2D eigenvalue weighted by Crippen LogP contribution is -2.47. The number of carbonyl (C=O) groups is 3. The Morgan fingerprint density at radius 3 is 2.00 bits per heavy atom. The first-order valence-corrected chi connectivity index (χ1v) is 6.75. The van der Waals surface area contributed by atoms with Crippen LogP contribution in [0.25, 0.3) is 0 Å². The zero-order chi connectivity index (χ0) is 15.6. The number of ether oxygens (including phenoxy) is 1. The quantitative estimate of drug-likeness (QED) is 0.572. The topological polar surface area (TPSA) is 101 Å². The molecule has 0 spiro atoms. The fraction of sp³-hybridized carbons (Fsp3) is 0.786. The fourth-order valence-corrected chi connectivity index (χ4v) is 2.30. The molecule has 1 unspecified atom stereocenters. The normalized spacial score (nSPS) is 18.8. The Kier molecular flexibility index (Phi) is 4.78. The monoisotopic (exact) mass is 286 g/mol. The molecule has 0 bridgehead atoms. The van der Waals surface area contributed by atoms with Crippen LogP contribution in [0.1, 0.15) is 52.9 Å². The second kappa shape index (κ2) is 5.81. The second-order valence-electron chi connectivity index (χ2n) is 6.46. The van der Waals surface area contributed by atoms with Crippen molar-refractivity contribution in [1.29, 1.82) is 0 Å². The smallest absolute Gasteiger partial charge is 0.324 e. The molecule has 1 aliphatic rings. The molecule has 1 rings (SSSR count). The third-order valence-corrected chi connectivity index (χ3v) is 3.51. The maximum Gasteiger partial charge on any atom is 0.324 e. The summed E-state index contributed by atoms with van der Waals surface area (Å²) in [6, 6.07) is 0. The van der Waals surface area contributed by atoms with Crippen molar-refractivity contribution in [2.45, 2.75) is 58.5 Å². The molecular formula is C14H22O6. The Labute approximate surface area is 118 Å². The average molecular weight is 286 g/mol. The summed E-state index contributed by atoms with van der Waals surface area (Å²) in [7, 11) is 0. The molecule has 0 aromatic rings. The highest BCUT2D eigenvalue weighted by Crippen LogP contribution is 2.41. The van der Waals surface area contributed by atoms with Crippen molar-refractivity contribution >= 4 is 17.9 Å². The summed E-state index contributed by atoms with van der Waals surface area (Å²) in [6.45, 7) is 4.88. The molecule has 1 fully saturated rings. The standard InChI is InChI=1S/C14H22O6/c1-13(2,3)20-12(19)14(11(17)18,8-10(15)16)7-9-5-4-6-9/h9H,4-8H2,1-3H3,(H,15,16)(H,17,18). The molecule has 0 aliphatic heterocycles. The second-order valence-corrected chi connectivity index (χ2v) is 6.46. The number of esters is 1. The summed E-state index contributed by atoms with van der Waals surface area (Å²) in [6.07, 6.45) is 1.94. The first-order valence-electron chi connectivity index (χ1n) is 6.75. The van der Waals surface area contributed by atoms with Gasteiger partial charge in [0.25, 0.3) is 0 Å². The maximum absolute atomic E-state index is 12.3. The van der Waals surface area contributed by atoms with E-state index >= 15 is 0 Å². The van der Waals surface area contributed by atoms with Crippen LogP contribution in [0.4, 0.5) is 0 Å². The minimum absolute atomic E-state index is 0.0313. The summed E-state index contributed by atoms with van der Waals surface area (Å²) in [5, 5.41) is 18.4. The zero-order valence-corrected chi connectivity index (χ0v) is 12.1. The van der Waals surface area contributed by atoms with Gasteiger partial charge in [-0.1, -0.05) is 19.3 Å². The summed E-state index contributed by atoms with van der Waals surface area (Å²) in [4.78, 5) is 34.9. The van der Waals surface area contributed by atoms with Gasteiger partial charge >= 0.3 is 17.9 Å². The molecule has 0 amide bonds. The van der Waals surface area contributed by atoms with Crippen LogP contribution in [0.5, 0.6) is 0 Å². The molecule has 0 aromatic heterocycles. The lowest BCUT2D eigenvalue weighted by molar-refractivity contribution is -0.182. The minimum Gasteiger partial charge on any atom is -0.481 e. The molecule has 0 aromatic carbocycles. The van der Waals surface area contributed by atoms with Gasteiger partial charge in [0.15, 0.2) is 5.41 Å². The highest BCUT2D eigenvalue weighted by Gasteiger charge is 2.52. The van der Waals surface area contributed by atoms with E-state index in [-0.39, 0.29) is 12.3 Å². The third-order valence-electron chi connectivity index (χ3n) is 3.51. The highest BCUT2D eigenvalue weighted by atomic mass is 16.6. The van der Waals surface area contributed by atoms with E-state index in [1.54, 1.807) is 20.8 Å². The van der Waals surface area contributed by atoms with E-state index in [1.165, 1.54) is 0 Å². The molecule has 6 heteroatoms. The lowest BCUT2D eigenvalue weighted by atomic mass is 9.70. The summed E-state index contributed by atoms with van der Waals surface area (Å²) in [5.41, 5.74) is -2.83. The molecule has 6 nitrogen and oxygen atoms in total. The third kappa shape index (κ3) is 3.95. The molecular weight excluding hydrogens is 264 g/mol. The van der Waals surface area contributed by atoms with Crippen LogP contribution in [0.15, 0.2) is 0 Å². The molecule has 2 N–H and O–H groups in total. The Hall–Kier alpha value is -1.59. The molecule has 0 saturated heterocycles. The van der Waals surface area contributed by atoms with Gasteiger partial charge in [0.1, 0.15) is 5.60 Å². The Morgan fingerprint density at radius 1 is 1.15 bits per heavy atom. The molecule has 20 heavy (non-hydrogen) atoms. The van der Waals surface area contributed by atoms with Crippen molar-refractivity contribution in [2.24, 2.45) is 11.3 Å². The van der Waals surface area contributed by atoms with Crippen LogP contribution in [-0.2, 0) is 19.1 Å². The van der Waals surface area contributed by atoms with Crippen LogP contribution < -0.4 is 0 Å². The number of hydrogen-bond acceptors (Lipinski definition) is 4. The molecule has 0 radical (unpaired) electrons. The minimum atomic E-state index is -1.98. The van der Waals surface area contributed by atoms with Crippen molar-refractivity contribution < 1.29 is 29.3 Å². The Balaban J connectivity index is 3.03. The van der Waals surface area contributed by atoms with Crippen LogP contribution in [0.3, 0.4) is 0 Å². The van der Waals surface area contributed by atoms with Gasteiger partial charge in [0, 0.05) is 0 Å². The fourth-order valence-electron chi connectivity index (χ4n) is 2.30. The summed E-state index contributed by atoms with van der Waals surface area (Å²) < 4.78 is 5.15. The molecule has 1 atom stereocenters. The number of carboxylic acids is 2. The molecule has 114 valence electrons. The summed E-state index contributed by atoms with van der Waals surface area (Å²) in [5.74, 6) is -3.59. The van der Waals surface area contributed by atoms with Gasteiger partial charge in [-0.3, -0.25) is 14.4 Å². The Bertz CT molecular complexity index is 404. The molecule has 1 aliphatic carbocycles. The van der Waals surface area contributed by atoms with Crippen LogP contribution >= 0.6 is 0 Å². The van der Waals surface area contributed by atoms with Gasteiger partial charge in [-0.25, -0.2) is 0 Å². The van der Waals surface area contributed by atoms with E-state index in [2.05, 4.69) is 0 Å². The van der Waals surface area contributed by atoms with Crippen molar-refractivity contribution in [3.05, 3.63) is 0 Å². The lowest BCUT2D eigenvalue weighted by Gasteiger charge is -2.35. The maximum atomic E-state index is 12.3. The van der Waals surface area contributed by atoms with Gasteiger partial charge in [0.05, 0.1) is 6.42 Å². The van der Waals surface area contributed by atoms with Crippen molar-refractivity contribution in [2.75, 3.05) is 0 Å². The predicted octanol–water partition coefficient (Wildman–Crippen LogP) is 2.06. The van der Waals surface area contributed by atoms with E-state index in [0.29, 0.717) is 0 Å². The first kappa shape index (κ1) is 16.5. The SMILES string of the molecule is CC(C)(C)OC(=O)C(CC(=O)O)(CC1CCC1)C(=O)O. The highest BCUT2D eigenvalue weighted by molar-refractivity contribution is 6.02. The Morgan fingerprint density at radius 2 is 1.70 bits per heavy atom. The largest absolute Gasteiger partial charge is 0.481 e. The van der Waals surface area contributed by atoms with E-state index in [1.807, 2.05) is 0 Å². The number of carbonyl (C=O) groups excluding carboxylic acids is 1. The van der Waals surface area contributed by atoms with E-state index < -0.39 is 35.3 Å². The van der Waals surface area contributed by atoms with Crippen molar-refractivity contribution in [1.82, 2.24) is 0 Å². The van der Waals surface area contributed by atoms with Gasteiger partial charge in [0.2, 0.25) is 0 Å². The van der Waals surface area contributed by atoms with Gasteiger partial charge in [-0.15, -0.1) is 0 Å². The number of aliphatic carboxylic acids is 2. The number of hydrogen-bond donors (Lipinski definition) is 2.